The van der Waals surface area contributed by atoms with Crippen LogP contribution in [-0.4, -0.2) is 73.6 Å². The summed E-state index contributed by atoms with van der Waals surface area (Å²) in [5.41, 5.74) is -2.03. The number of amides is 4. The van der Waals surface area contributed by atoms with Crippen molar-refractivity contribution in [3.05, 3.63) is 0 Å². The maximum atomic E-state index is 11.6. The highest BCUT2D eigenvalue weighted by atomic mass is 16.6. The summed E-state index contributed by atoms with van der Waals surface area (Å²) in [6.07, 6.45) is 0. The van der Waals surface area contributed by atoms with Gasteiger partial charge in [0.25, 0.3) is 29.0 Å². The van der Waals surface area contributed by atoms with E-state index in [1.165, 1.54) is 0 Å². The van der Waals surface area contributed by atoms with Gasteiger partial charge in [-0.05, 0) is 0 Å². The second-order valence-corrected chi connectivity index (χ2v) is 5.15. The van der Waals surface area contributed by atoms with Crippen LogP contribution in [0.25, 0.3) is 0 Å². The molecular formula is C13H8N4O8. The van der Waals surface area contributed by atoms with Gasteiger partial charge in [0.1, 0.15) is 0 Å². The Labute approximate surface area is 138 Å². The summed E-state index contributed by atoms with van der Waals surface area (Å²) in [5, 5.41) is 0. The first-order valence-electron chi connectivity index (χ1n) is 6.99. The van der Waals surface area contributed by atoms with E-state index in [2.05, 4.69) is 20.0 Å². The van der Waals surface area contributed by atoms with E-state index in [0.717, 1.165) is 0 Å². The lowest BCUT2D eigenvalue weighted by atomic mass is 9.86. The molecule has 4 amide bonds. The molecule has 4 aliphatic rings. The highest BCUT2D eigenvalue weighted by Crippen LogP contribution is 2.35. The fraction of sp³-hybridized carbons (Fsp3) is 0.385. The van der Waals surface area contributed by atoms with Crippen LogP contribution in [0.4, 0.5) is 0 Å². The SMILES string of the molecule is O=C1COC(C(C2=NC(=O)CO2)(C2=NC(=O)CO2)C2=NC(=O)CO2)=N1. The standard InChI is InChI=1S/C13H8N4O8/c18-5-1-22-9(14-5)13(10-15-6(19)2-23-10,11-16-7(20)3-24-11)12-17-8(21)4-25-12/h1-4H2. The number of hydrogen-bond donors (Lipinski definition) is 0. The van der Waals surface area contributed by atoms with Crippen molar-refractivity contribution in [2.75, 3.05) is 26.4 Å². The molecule has 0 spiro atoms. The van der Waals surface area contributed by atoms with Gasteiger partial charge in [-0.25, -0.2) is 0 Å². The third-order valence-electron chi connectivity index (χ3n) is 3.52. The Balaban J connectivity index is 1.98. The number of carbonyl (C=O) groups excluding carboxylic acids is 4. The Hall–Kier alpha value is -3.44. The molecule has 0 N–H and O–H groups in total. The minimum absolute atomic E-state index is 0.354. The molecule has 128 valence electrons. The average molecular weight is 348 g/mol. The van der Waals surface area contributed by atoms with Crippen LogP contribution >= 0.6 is 0 Å². The van der Waals surface area contributed by atoms with Gasteiger partial charge in [0, 0.05) is 0 Å². The van der Waals surface area contributed by atoms with E-state index in [4.69, 9.17) is 18.9 Å². The molecule has 0 aromatic carbocycles. The van der Waals surface area contributed by atoms with Gasteiger partial charge in [0.05, 0.1) is 0 Å². The van der Waals surface area contributed by atoms with Crippen molar-refractivity contribution in [2.24, 2.45) is 25.4 Å². The summed E-state index contributed by atoms with van der Waals surface area (Å²) in [6, 6.07) is 0. The molecule has 0 aromatic rings. The molecule has 12 heteroatoms. The molecule has 0 atom stereocenters. The van der Waals surface area contributed by atoms with E-state index in [0.29, 0.717) is 0 Å². The predicted octanol–water partition coefficient (Wildman–Crippen LogP) is -2.21. The van der Waals surface area contributed by atoms with E-state index >= 15 is 0 Å². The van der Waals surface area contributed by atoms with Gasteiger partial charge in [0.2, 0.25) is 23.6 Å². The number of hydrogen-bond acceptors (Lipinski definition) is 8. The highest BCUT2D eigenvalue weighted by molar-refractivity contribution is 6.42. The zero-order chi connectivity index (χ0) is 17.6. The van der Waals surface area contributed by atoms with Gasteiger partial charge < -0.3 is 18.9 Å². The number of carbonyl (C=O) groups is 4. The molecule has 12 nitrogen and oxygen atoms in total. The van der Waals surface area contributed by atoms with Crippen LogP contribution < -0.4 is 0 Å². The molecule has 0 unspecified atom stereocenters. The molecule has 0 radical (unpaired) electrons. The summed E-state index contributed by atoms with van der Waals surface area (Å²) >= 11 is 0. The van der Waals surface area contributed by atoms with Gasteiger partial charge in [-0.2, -0.15) is 20.0 Å². The molecule has 0 saturated heterocycles. The van der Waals surface area contributed by atoms with Crippen LogP contribution in [0.1, 0.15) is 0 Å². The van der Waals surface area contributed by atoms with E-state index in [9.17, 15) is 19.2 Å². The minimum atomic E-state index is -2.03. The fourth-order valence-electron chi connectivity index (χ4n) is 2.55. The predicted molar refractivity (Wildman–Crippen MR) is 76.0 cm³/mol. The Morgan fingerprint density at radius 1 is 0.520 bits per heavy atom. The smallest absolute Gasteiger partial charge is 0.286 e. The monoisotopic (exact) mass is 348 g/mol. The van der Waals surface area contributed by atoms with Crippen molar-refractivity contribution in [2.45, 2.75) is 0 Å². The summed E-state index contributed by atoms with van der Waals surface area (Å²) in [7, 11) is 0. The summed E-state index contributed by atoms with van der Waals surface area (Å²) in [6.45, 7) is -1.61. The molecular weight excluding hydrogens is 340 g/mol. The van der Waals surface area contributed by atoms with Gasteiger partial charge >= 0.3 is 0 Å². The number of nitrogens with zero attached hydrogens (tertiary/aromatic N) is 4. The molecule has 0 fully saturated rings. The Morgan fingerprint density at radius 2 is 0.760 bits per heavy atom. The van der Waals surface area contributed by atoms with E-state index < -0.39 is 55.5 Å². The zero-order valence-electron chi connectivity index (χ0n) is 12.4. The molecule has 4 rings (SSSR count). The second kappa shape index (κ2) is 5.29. The first-order valence-corrected chi connectivity index (χ1v) is 6.99. The van der Waals surface area contributed by atoms with Gasteiger partial charge in [0.15, 0.2) is 26.4 Å². The fourth-order valence-corrected chi connectivity index (χ4v) is 2.55. The number of ether oxygens (including phenoxy) is 4. The van der Waals surface area contributed by atoms with Crippen molar-refractivity contribution in [1.29, 1.82) is 0 Å². The molecule has 25 heavy (non-hydrogen) atoms. The molecule has 0 saturated carbocycles. The summed E-state index contributed by atoms with van der Waals surface area (Å²) in [4.78, 5) is 61.2. The maximum Gasteiger partial charge on any atom is 0.286 e. The van der Waals surface area contributed by atoms with Crippen LogP contribution in [0, 0.1) is 5.41 Å². The van der Waals surface area contributed by atoms with Gasteiger partial charge in [-0.1, -0.05) is 0 Å². The Kier molecular flexibility index (Phi) is 3.20. The van der Waals surface area contributed by atoms with E-state index in [1.807, 2.05) is 0 Å². The van der Waals surface area contributed by atoms with Crippen molar-refractivity contribution >= 4 is 47.2 Å². The van der Waals surface area contributed by atoms with Crippen molar-refractivity contribution in [3.63, 3.8) is 0 Å². The van der Waals surface area contributed by atoms with Crippen LogP contribution in [0.3, 0.4) is 0 Å². The van der Waals surface area contributed by atoms with Crippen LogP contribution in [0.2, 0.25) is 0 Å². The topological polar surface area (TPSA) is 155 Å². The normalized spacial score (nSPS) is 22.7. The summed E-state index contributed by atoms with van der Waals surface area (Å²) < 4.78 is 21.0. The third-order valence-corrected chi connectivity index (χ3v) is 3.52. The highest BCUT2D eigenvalue weighted by Gasteiger charge is 2.62. The van der Waals surface area contributed by atoms with Crippen LogP contribution in [0.5, 0.6) is 0 Å². The Bertz CT molecular complexity index is 711. The molecule has 4 heterocycles. The molecule has 4 aliphatic heterocycles. The minimum Gasteiger partial charge on any atom is -0.469 e. The molecule has 0 aliphatic carbocycles. The van der Waals surface area contributed by atoms with Crippen molar-refractivity contribution in [1.82, 2.24) is 0 Å². The van der Waals surface area contributed by atoms with Crippen LogP contribution in [-0.2, 0) is 38.1 Å². The lowest BCUT2D eigenvalue weighted by Crippen LogP contribution is -2.53. The number of rotatable bonds is 4. The summed E-state index contributed by atoms with van der Waals surface area (Å²) in [5.74, 6) is -3.97. The lowest BCUT2D eigenvalue weighted by Gasteiger charge is -2.28. The maximum absolute atomic E-state index is 11.6. The first-order chi connectivity index (χ1) is 12.0. The van der Waals surface area contributed by atoms with E-state index in [-0.39, 0.29) is 23.6 Å². The first kappa shape index (κ1) is 15.1. The van der Waals surface area contributed by atoms with Crippen molar-refractivity contribution < 1.29 is 38.1 Å². The van der Waals surface area contributed by atoms with Gasteiger partial charge in [-0.3, -0.25) is 19.2 Å². The van der Waals surface area contributed by atoms with Crippen molar-refractivity contribution in [3.8, 4) is 0 Å². The van der Waals surface area contributed by atoms with Crippen LogP contribution in [0.15, 0.2) is 20.0 Å². The Morgan fingerprint density at radius 3 is 0.920 bits per heavy atom. The largest absolute Gasteiger partial charge is 0.469 e. The molecule has 0 bridgehead atoms. The zero-order valence-corrected chi connectivity index (χ0v) is 12.4. The molecule has 0 aromatic heterocycles. The number of aliphatic imine (C=N–C) groups is 4. The van der Waals surface area contributed by atoms with E-state index in [1.54, 1.807) is 0 Å². The van der Waals surface area contributed by atoms with Gasteiger partial charge in [-0.15, -0.1) is 0 Å². The quantitative estimate of drug-likeness (QED) is 0.554. The average Bonchev–Trinajstić information content (AvgIpc) is 3.33. The second-order valence-electron chi connectivity index (χ2n) is 5.15. The lowest BCUT2D eigenvalue weighted by molar-refractivity contribution is -0.119. The third kappa shape index (κ3) is 2.21.